The summed E-state index contributed by atoms with van der Waals surface area (Å²) in [5.41, 5.74) is 0. The standard InChI is InChI=1S/C12H23F3N2/c1-10(4-3-8-16-11-5-6-11)17(2)9-7-12(13,14)15/h10-11,16H,3-9H2,1-2H3. The van der Waals surface area contributed by atoms with Crippen molar-refractivity contribution in [2.24, 2.45) is 0 Å². The second-order valence-corrected chi connectivity index (χ2v) is 5.07. The Hall–Kier alpha value is -0.290. The molecule has 1 rings (SSSR count). The zero-order chi connectivity index (χ0) is 12.9. The van der Waals surface area contributed by atoms with Crippen molar-refractivity contribution >= 4 is 0 Å². The van der Waals surface area contributed by atoms with Gasteiger partial charge in [0.25, 0.3) is 0 Å². The Kier molecular flexibility index (Phi) is 5.73. The van der Waals surface area contributed by atoms with Crippen LogP contribution in [0.5, 0.6) is 0 Å². The predicted molar refractivity (Wildman–Crippen MR) is 63.0 cm³/mol. The van der Waals surface area contributed by atoms with E-state index in [9.17, 15) is 13.2 Å². The Bertz CT molecular complexity index is 214. The minimum Gasteiger partial charge on any atom is -0.314 e. The molecule has 0 heterocycles. The molecule has 0 spiro atoms. The fraction of sp³-hybridized carbons (Fsp3) is 1.00. The molecule has 1 atom stereocenters. The molecule has 1 aliphatic rings. The lowest BCUT2D eigenvalue weighted by Gasteiger charge is -2.25. The molecule has 0 aliphatic heterocycles. The maximum absolute atomic E-state index is 12.0. The van der Waals surface area contributed by atoms with Crippen LogP contribution in [-0.4, -0.2) is 43.3 Å². The molecule has 0 radical (unpaired) electrons. The Balaban J connectivity index is 2.01. The third kappa shape index (κ3) is 7.60. The normalized spacial score (nSPS) is 18.7. The molecule has 0 aromatic heterocycles. The van der Waals surface area contributed by atoms with E-state index in [1.165, 1.54) is 12.8 Å². The van der Waals surface area contributed by atoms with Crippen LogP contribution < -0.4 is 5.32 Å². The third-order valence-electron chi connectivity index (χ3n) is 3.31. The van der Waals surface area contributed by atoms with E-state index in [1.54, 1.807) is 11.9 Å². The summed E-state index contributed by atoms with van der Waals surface area (Å²) >= 11 is 0. The molecule has 102 valence electrons. The van der Waals surface area contributed by atoms with Gasteiger partial charge in [-0.2, -0.15) is 13.2 Å². The molecule has 1 N–H and O–H groups in total. The van der Waals surface area contributed by atoms with Gasteiger partial charge in [0.1, 0.15) is 0 Å². The van der Waals surface area contributed by atoms with Crippen molar-refractivity contribution in [3.05, 3.63) is 0 Å². The molecule has 1 fully saturated rings. The van der Waals surface area contributed by atoms with Gasteiger partial charge in [0.05, 0.1) is 6.42 Å². The van der Waals surface area contributed by atoms with Crippen molar-refractivity contribution in [2.45, 2.75) is 57.3 Å². The van der Waals surface area contributed by atoms with Crippen molar-refractivity contribution in [3.63, 3.8) is 0 Å². The van der Waals surface area contributed by atoms with Crippen molar-refractivity contribution in [2.75, 3.05) is 20.1 Å². The highest BCUT2D eigenvalue weighted by Gasteiger charge is 2.27. The first-order valence-corrected chi connectivity index (χ1v) is 6.39. The van der Waals surface area contributed by atoms with Gasteiger partial charge in [-0.05, 0) is 46.2 Å². The summed E-state index contributed by atoms with van der Waals surface area (Å²) in [7, 11) is 1.77. The lowest BCUT2D eigenvalue weighted by Crippen LogP contribution is -2.33. The Morgan fingerprint density at radius 1 is 1.35 bits per heavy atom. The SMILES string of the molecule is CC(CCCNC1CC1)N(C)CCC(F)(F)F. The summed E-state index contributed by atoms with van der Waals surface area (Å²) in [6.45, 7) is 3.08. The van der Waals surface area contributed by atoms with Crippen LogP contribution in [0, 0.1) is 0 Å². The zero-order valence-corrected chi connectivity index (χ0v) is 10.7. The molecule has 0 aromatic rings. The highest BCUT2D eigenvalue weighted by molar-refractivity contribution is 4.80. The first-order chi connectivity index (χ1) is 7.88. The number of alkyl halides is 3. The van der Waals surface area contributed by atoms with Gasteiger partial charge in [0, 0.05) is 18.6 Å². The minimum atomic E-state index is -4.04. The summed E-state index contributed by atoms with van der Waals surface area (Å²) < 4.78 is 36.1. The quantitative estimate of drug-likeness (QED) is 0.668. The van der Waals surface area contributed by atoms with Crippen molar-refractivity contribution in [1.82, 2.24) is 10.2 Å². The molecule has 0 aromatic carbocycles. The van der Waals surface area contributed by atoms with Gasteiger partial charge in [-0.15, -0.1) is 0 Å². The summed E-state index contributed by atoms with van der Waals surface area (Å²) in [5, 5.41) is 3.41. The first kappa shape index (κ1) is 14.8. The van der Waals surface area contributed by atoms with E-state index in [0.29, 0.717) is 6.04 Å². The van der Waals surface area contributed by atoms with Crippen LogP contribution in [-0.2, 0) is 0 Å². The fourth-order valence-electron chi connectivity index (χ4n) is 1.74. The average Bonchev–Trinajstić information content (AvgIpc) is 3.03. The monoisotopic (exact) mass is 252 g/mol. The van der Waals surface area contributed by atoms with Crippen LogP contribution in [0.25, 0.3) is 0 Å². The van der Waals surface area contributed by atoms with Crippen LogP contribution in [0.2, 0.25) is 0 Å². The van der Waals surface area contributed by atoms with Gasteiger partial charge in [0.15, 0.2) is 0 Å². The summed E-state index contributed by atoms with van der Waals surface area (Å²) in [4.78, 5) is 1.80. The highest BCUT2D eigenvalue weighted by Crippen LogP contribution is 2.20. The number of hydrogen-bond acceptors (Lipinski definition) is 2. The van der Waals surface area contributed by atoms with Crippen molar-refractivity contribution in [1.29, 1.82) is 0 Å². The second kappa shape index (κ2) is 6.59. The Labute approximate surface area is 102 Å². The van der Waals surface area contributed by atoms with E-state index < -0.39 is 12.6 Å². The summed E-state index contributed by atoms with van der Waals surface area (Å²) in [6, 6.07) is 0.937. The van der Waals surface area contributed by atoms with Crippen LogP contribution in [0.4, 0.5) is 13.2 Å². The number of halogens is 3. The van der Waals surface area contributed by atoms with Gasteiger partial charge in [-0.25, -0.2) is 0 Å². The lowest BCUT2D eigenvalue weighted by atomic mass is 10.1. The van der Waals surface area contributed by atoms with Crippen LogP contribution in [0.15, 0.2) is 0 Å². The van der Waals surface area contributed by atoms with Gasteiger partial charge in [0.2, 0.25) is 0 Å². The van der Waals surface area contributed by atoms with E-state index in [1.807, 2.05) is 6.92 Å². The van der Waals surface area contributed by atoms with E-state index in [-0.39, 0.29) is 12.6 Å². The number of rotatable bonds is 8. The summed E-state index contributed by atoms with van der Waals surface area (Å²) in [5.74, 6) is 0. The molecule has 1 saturated carbocycles. The molecule has 0 bridgehead atoms. The summed E-state index contributed by atoms with van der Waals surface area (Å²) in [6.07, 6.45) is -0.208. The zero-order valence-electron chi connectivity index (χ0n) is 10.7. The molecule has 17 heavy (non-hydrogen) atoms. The van der Waals surface area contributed by atoms with Gasteiger partial charge in [-0.1, -0.05) is 0 Å². The largest absolute Gasteiger partial charge is 0.390 e. The van der Waals surface area contributed by atoms with E-state index in [4.69, 9.17) is 0 Å². The number of nitrogens with zero attached hydrogens (tertiary/aromatic N) is 1. The van der Waals surface area contributed by atoms with Gasteiger partial charge in [-0.3, -0.25) is 0 Å². The molecule has 1 unspecified atom stereocenters. The van der Waals surface area contributed by atoms with Crippen LogP contribution in [0.1, 0.15) is 39.0 Å². The van der Waals surface area contributed by atoms with Gasteiger partial charge >= 0.3 is 6.18 Å². The van der Waals surface area contributed by atoms with Crippen molar-refractivity contribution < 1.29 is 13.2 Å². The van der Waals surface area contributed by atoms with E-state index in [0.717, 1.165) is 19.4 Å². The molecular weight excluding hydrogens is 229 g/mol. The van der Waals surface area contributed by atoms with Gasteiger partial charge < -0.3 is 10.2 Å². The molecular formula is C12H23F3N2. The highest BCUT2D eigenvalue weighted by atomic mass is 19.4. The third-order valence-corrected chi connectivity index (χ3v) is 3.31. The maximum atomic E-state index is 12.0. The smallest absolute Gasteiger partial charge is 0.314 e. The maximum Gasteiger partial charge on any atom is 0.390 e. The average molecular weight is 252 g/mol. The molecule has 2 nitrogen and oxygen atoms in total. The fourth-order valence-corrected chi connectivity index (χ4v) is 1.74. The Morgan fingerprint density at radius 3 is 2.53 bits per heavy atom. The molecule has 0 saturated heterocycles. The van der Waals surface area contributed by atoms with E-state index in [2.05, 4.69) is 5.32 Å². The van der Waals surface area contributed by atoms with Crippen LogP contribution in [0.3, 0.4) is 0 Å². The number of hydrogen-bond donors (Lipinski definition) is 1. The topological polar surface area (TPSA) is 15.3 Å². The molecule has 5 heteroatoms. The molecule has 0 amide bonds. The Morgan fingerprint density at radius 2 is 2.00 bits per heavy atom. The first-order valence-electron chi connectivity index (χ1n) is 6.39. The number of nitrogens with one attached hydrogen (secondary N) is 1. The predicted octanol–water partition coefficient (Wildman–Crippen LogP) is 2.79. The molecule has 1 aliphatic carbocycles. The second-order valence-electron chi connectivity index (χ2n) is 5.07. The minimum absolute atomic E-state index is 0.0979. The van der Waals surface area contributed by atoms with E-state index >= 15 is 0 Å². The van der Waals surface area contributed by atoms with Crippen molar-refractivity contribution in [3.8, 4) is 0 Å². The lowest BCUT2D eigenvalue weighted by molar-refractivity contribution is -0.138. The van der Waals surface area contributed by atoms with Crippen LogP contribution >= 0.6 is 0 Å².